The first-order valence-corrected chi connectivity index (χ1v) is 8.62. The van der Waals surface area contributed by atoms with Crippen LogP contribution in [0.1, 0.15) is 23.2 Å². The summed E-state index contributed by atoms with van der Waals surface area (Å²) in [5.41, 5.74) is 3.26. The fourth-order valence-electron chi connectivity index (χ4n) is 3.76. The lowest BCUT2D eigenvalue weighted by atomic mass is 9.77. The SMILES string of the molecule is Cl.O=C(N[C@H]1C[C@H]2CNC[C@H]2C[C@@H]1O)c1cccc2ncsc12. The molecule has 1 aliphatic heterocycles. The third kappa shape index (κ3) is 3.08. The van der Waals surface area contributed by atoms with Crippen molar-refractivity contribution in [1.29, 1.82) is 0 Å². The molecular weight excluding hydrogens is 334 g/mol. The largest absolute Gasteiger partial charge is 0.391 e. The number of benzene rings is 1. The maximum absolute atomic E-state index is 12.6. The van der Waals surface area contributed by atoms with E-state index in [1.54, 1.807) is 5.51 Å². The lowest BCUT2D eigenvalue weighted by Gasteiger charge is -2.35. The molecular formula is C16H20ClN3O2S. The second-order valence-electron chi connectivity index (χ2n) is 6.30. The number of hydrogen-bond acceptors (Lipinski definition) is 5. The normalized spacial score (nSPS) is 29.8. The van der Waals surface area contributed by atoms with Crippen LogP contribution in [0.15, 0.2) is 23.7 Å². The van der Waals surface area contributed by atoms with E-state index < -0.39 is 6.10 Å². The minimum absolute atomic E-state index is 0. The van der Waals surface area contributed by atoms with Gasteiger partial charge in [-0.25, -0.2) is 4.98 Å². The molecule has 1 aromatic carbocycles. The number of hydrogen-bond donors (Lipinski definition) is 3. The fourth-order valence-corrected chi connectivity index (χ4v) is 4.56. The van der Waals surface area contributed by atoms with E-state index in [4.69, 9.17) is 0 Å². The molecule has 5 nitrogen and oxygen atoms in total. The van der Waals surface area contributed by atoms with Crippen LogP contribution in [-0.2, 0) is 0 Å². The van der Waals surface area contributed by atoms with E-state index in [-0.39, 0.29) is 24.4 Å². The quantitative estimate of drug-likeness (QED) is 0.769. The molecule has 1 saturated carbocycles. The monoisotopic (exact) mass is 353 g/mol. The number of aliphatic hydroxyl groups is 1. The minimum atomic E-state index is -0.453. The van der Waals surface area contributed by atoms with Crippen LogP contribution in [0.2, 0.25) is 0 Å². The summed E-state index contributed by atoms with van der Waals surface area (Å²) in [6.07, 6.45) is 1.17. The number of aromatic nitrogens is 1. The Kier molecular flexibility index (Phi) is 4.87. The number of carbonyl (C=O) groups is 1. The van der Waals surface area contributed by atoms with Gasteiger partial charge in [0.15, 0.2) is 0 Å². The molecule has 2 heterocycles. The van der Waals surface area contributed by atoms with Gasteiger partial charge < -0.3 is 15.7 Å². The van der Waals surface area contributed by atoms with Crippen LogP contribution in [0.5, 0.6) is 0 Å². The van der Waals surface area contributed by atoms with Gasteiger partial charge >= 0.3 is 0 Å². The summed E-state index contributed by atoms with van der Waals surface area (Å²) in [4.78, 5) is 16.9. The Labute approximate surface area is 144 Å². The molecule has 124 valence electrons. The Morgan fingerprint density at radius 3 is 2.91 bits per heavy atom. The van der Waals surface area contributed by atoms with Crippen LogP contribution in [-0.4, -0.2) is 41.2 Å². The van der Waals surface area contributed by atoms with Crippen molar-refractivity contribution in [3.05, 3.63) is 29.3 Å². The highest BCUT2D eigenvalue weighted by molar-refractivity contribution is 7.17. The zero-order chi connectivity index (χ0) is 15.1. The second kappa shape index (κ2) is 6.73. The van der Waals surface area contributed by atoms with Gasteiger partial charge in [-0.1, -0.05) is 6.07 Å². The van der Waals surface area contributed by atoms with E-state index in [0.29, 0.717) is 17.4 Å². The highest BCUT2D eigenvalue weighted by Gasteiger charge is 2.39. The molecule has 0 bridgehead atoms. The average molecular weight is 354 g/mol. The first-order chi connectivity index (χ1) is 10.7. The van der Waals surface area contributed by atoms with Gasteiger partial charge in [-0.05, 0) is 49.9 Å². The van der Waals surface area contributed by atoms with Gasteiger partial charge in [-0.15, -0.1) is 23.7 Å². The Morgan fingerprint density at radius 1 is 1.30 bits per heavy atom. The summed E-state index contributed by atoms with van der Waals surface area (Å²) in [5.74, 6) is 1.00. The van der Waals surface area contributed by atoms with Crippen molar-refractivity contribution in [2.75, 3.05) is 13.1 Å². The maximum atomic E-state index is 12.6. The van der Waals surface area contributed by atoms with Crippen LogP contribution in [0.3, 0.4) is 0 Å². The zero-order valence-electron chi connectivity index (χ0n) is 12.6. The van der Waals surface area contributed by atoms with Gasteiger partial charge in [0.2, 0.25) is 0 Å². The molecule has 0 unspecified atom stereocenters. The Balaban J connectivity index is 0.00000156. The smallest absolute Gasteiger partial charge is 0.253 e. The number of aliphatic hydroxyl groups excluding tert-OH is 1. The van der Waals surface area contributed by atoms with E-state index in [0.717, 1.165) is 36.1 Å². The molecule has 3 N–H and O–H groups in total. The summed E-state index contributed by atoms with van der Waals surface area (Å²) < 4.78 is 0.908. The molecule has 1 saturated heterocycles. The Hall–Kier alpha value is -1.21. The highest BCUT2D eigenvalue weighted by Crippen LogP contribution is 2.33. The van der Waals surface area contributed by atoms with Gasteiger partial charge in [-0.2, -0.15) is 0 Å². The van der Waals surface area contributed by atoms with E-state index >= 15 is 0 Å². The van der Waals surface area contributed by atoms with Crippen molar-refractivity contribution in [2.45, 2.75) is 25.0 Å². The summed E-state index contributed by atoms with van der Waals surface area (Å²) in [6.45, 7) is 1.98. The van der Waals surface area contributed by atoms with Gasteiger partial charge in [0.25, 0.3) is 5.91 Å². The zero-order valence-corrected chi connectivity index (χ0v) is 14.2. The molecule has 2 fully saturated rings. The molecule has 0 radical (unpaired) electrons. The fraction of sp³-hybridized carbons (Fsp3) is 0.500. The number of nitrogens with one attached hydrogen (secondary N) is 2. The number of carbonyl (C=O) groups excluding carboxylic acids is 1. The number of nitrogens with zero attached hydrogens (tertiary/aromatic N) is 1. The number of amides is 1. The predicted molar refractivity (Wildman–Crippen MR) is 93.2 cm³/mol. The third-order valence-electron chi connectivity index (χ3n) is 4.96. The minimum Gasteiger partial charge on any atom is -0.391 e. The van der Waals surface area contributed by atoms with E-state index in [1.165, 1.54) is 11.3 Å². The number of rotatable bonds is 2. The summed E-state index contributed by atoms with van der Waals surface area (Å²) in [6, 6.07) is 5.43. The van der Waals surface area contributed by atoms with Crippen LogP contribution in [0.25, 0.3) is 10.2 Å². The molecule has 1 aliphatic carbocycles. The van der Waals surface area contributed by atoms with Crippen molar-refractivity contribution < 1.29 is 9.90 Å². The first-order valence-electron chi connectivity index (χ1n) is 7.74. The Morgan fingerprint density at radius 2 is 2.09 bits per heavy atom. The van der Waals surface area contributed by atoms with Gasteiger partial charge in [0.05, 0.1) is 33.4 Å². The molecule has 4 rings (SSSR count). The first kappa shape index (κ1) is 16.6. The third-order valence-corrected chi connectivity index (χ3v) is 5.84. The topological polar surface area (TPSA) is 74.2 Å². The summed E-state index contributed by atoms with van der Waals surface area (Å²) in [5, 5.41) is 16.8. The molecule has 1 aromatic heterocycles. The van der Waals surface area contributed by atoms with Gasteiger partial charge in [0, 0.05) is 0 Å². The van der Waals surface area contributed by atoms with Crippen molar-refractivity contribution >= 4 is 39.9 Å². The van der Waals surface area contributed by atoms with Crippen molar-refractivity contribution in [3.8, 4) is 0 Å². The van der Waals surface area contributed by atoms with Crippen LogP contribution >= 0.6 is 23.7 Å². The molecule has 2 aliphatic rings. The standard InChI is InChI=1S/C16H19N3O2S.ClH/c20-14-5-10-7-17-6-9(10)4-13(14)19-16(21)11-2-1-3-12-15(11)22-8-18-12;/h1-3,8-10,13-14,17,20H,4-7H2,(H,19,21);1H/t9-,10+,13-,14-;/m0./s1. The van der Waals surface area contributed by atoms with Crippen LogP contribution < -0.4 is 10.6 Å². The van der Waals surface area contributed by atoms with Crippen molar-refractivity contribution in [3.63, 3.8) is 0 Å². The van der Waals surface area contributed by atoms with Crippen LogP contribution in [0, 0.1) is 11.8 Å². The average Bonchev–Trinajstić information content (AvgIpc) is 3.15. The maximum Gasteiger partial charge on any atom is 0.253 e. The lowest BCUT2D eigenvalue weighted by molar-refractivity contribution is 0.0462. The predicted octanol–water partition coefficient (Wildman–Crippen LogP) is 1.81. The van der Waals surface area contributed by atoms with Gasteiger partial charge in [-0.3, -0.25) is 4.79 Å². The summed E-state index contributed by atoms with van der Waals surface area (Å²) >= 11 is 1.48. The number of thiazole rings is 1. The highest BCUT2D eigenvalue weighted by atomic mass is 35.5. The van der Waals surface area contributed by atoms with Gasteiger partial charge in [0.1, 0.15) is 0 Å². The lowest BCUT2D eigenvalue weighted by Crippen LogP contribution is -2.49. The summed E-state index contributed by atoms with van der Waals surface area (Å²) in [7, 11) is 0. The van der Waals surface area contributed by atoms with E-state index in [9.17, 15) is 9.90 Å². The van der Waals surface area contributed by atoms with Crippen molar-refractivity contribution in [1.82, 2.24) is 15.6 Å². The van der Waals surface area contributed by atoms with Crippen LogP contribution in [0.4, 0.5) is 0 Å². The Bertz CT molecular complexity index is 707. The molecule has 2 aromatic rings. The van der Waals surface area contributed by atoms with Crippen molar-refractivity contribution in [2.24, 2.45) is 11.8 Å². The molecule has 0 spiro atoms. The van der Waals surface area contributed by atoms with E-state index in [2.05, 4.69) is 15.6 Å². The molecule has 7 heteroatoms. The molecule has 23 heavy (non-hydrogen) atoms. The molecule has 4 atom stereocenters. The van der Waals surface area contributed by atoms with E-state index in [1.807, 2.05) is 18.2 Å². The second-order valence-corrected chi connectivity index (χ2v) is 7.16. The number of fused-ring (bicyclic) bond motifs is 2. The molecule has 1 amide bonds. The number of halogens is 1.